The Morgan fingerprint density at radius 2 is 2.06 bits per heavy atom. The minimum absolute atomic E-state index is 0.0220. The summed E-state index contributed by atoms with van der Waals surface area (Å²) < 4.78 is 28.7. The van der Waals surface area contributed by atoms with Gasteiger partial charge in [0.25, 0.3) is 0 Å². The number of halogens is 1. The summed E-state index contributed by atoms with van der Waals surface area (Å²) in [5, 5.41) is 13.1. The van der Waals surface area contributed by atoms with Gasteiger partial charge in [-0.2, -0.15) is 0 Å². The van der Waals surface area contributed by atoms with Gasteiger partial charge in [-0.05, 0) is 0 Å². The number of hydrogen-bond acceptors (Lipinski definition) is 6. The molecular weight excluding hydrogens is 243 g/mol. The first kappa shape index (κ1) is 12.0. The molecule has 0 bridgehead atoms. The molecule has 0 amide bonds. The van der Waals surface area contributed by atoms with Gasteiger partial charge in [-0.1, -0.05) is 5.16 Å². The lowest BCUT2D eigenvalue weighted by molar-refractivity contribution is 0.346. The molecule has 2 rings (SSSR count). The maximum Gasteiger partial charge on any atom is 0.222 e. The number of ether oxygens (including phenoxy) is 2. The average molecular weight is 254 g/mol. The molecule has 3 N–H and O–H groups in total. The topological polar surface area (TPSA) is 90.7 Å². The molecule has 2 aromatic rings. The normalized spacial score (nSPS) is 10.4. The number of rotatable bonds is 3. The van der Waals surface area contributed by atoms with Crippen LogP contribution in [0.1, 0.15) is 0 Å². The largest absolute Gasteiger partial charge is 0.505 e. The lowest BCUT2D eigenvalue weighted by atomic mass is 10.1. The van der Waals surface area contributed by atoms with E-state index >= 15 is 0 Å². The van der Waals surface area contributed by atoms with E-state index in [9.17, 15) is 9.50 Å². The molecule has 1 aromatic heterocycles. The molecule has 96 valence electrons. The van der Waals surface area contributed by atoms with E-state index in [0.717, 1.165) is 6.07 Å². The Hall–Kier alpha value is -2.44. The summed E-state index contributed by atoms with van der Waals surface area (Å²) in [4.78, 5) is 0. The van der Waals surface area contributed by atoms with Crippen molar-refractivity contribution in [3.05, 3.63) is 17.9 Å². The molecule has 0 saturated heterocycles. The Labute approximate surface area is 102 Å². The number of aromatic nitrogens is 1. The maximum absolute atomic E-state index is 14.0. The number of nitrogens with two attached hydrogens (primary N) is 1. The van der Waals surface area contributed by atoms with Gasteiger partial charge in [-0.3, -0.25) is 0 Å². The summed E-state index contributed by atoms with van der Waals surface area (Å²) in [7, 11) is 2.72. The van der Waals surface area contributed by atoms with Crippen molar-refractivity contribution in [1.82, 2.24) is 5.16 Å². The molecule has 1 aromatic carbocycles. The van der Waals surface area contributed by atoms with Crippen molar-refractivity contribution in [2.75, 3.05) is 20.0 Å². The summed E-state index contributed by atoms with van der Waals surface area (Å²) in [5.74, 6) is -1.17. The van der Waals surface area contributed by atoms with E-state index < -0.39 is 11.6 Å². The number of anilines is 1. The van der Waals surface area contributed by atoms with E-state index in [2.05, 4.69) is 9.68 Å². The van der Waals surface area contributed by atoms with Crippen molar-refractivity contribution in [3.8, 4) is 28.5 Å². The molecular formula is C11H11FN2O4. The number of methoxy groups -OCH3 is 2. The number of nitrogen functional groups attached to an aromatic ring is 1. The lowest BCUT2D eigenvalue weighted by Crippen LogP contribution is -1.97. The van der Waals surface area contributed by atoms with Crippen LogP contribution in [0.4, 0.5) is 10.3 Å². The molecule has 1 heterocycles. The fourth-order valence-electron chi connectivity index (χ4n) is 1.59. The van der Waals surface area contributed by atoms with Crippen molar-refractivity contribution >= 4 is 5.88 Å². The van der Waals surface area contributed by atoms with Crippen molar-refractivity contribution in [2.45, 2.75) is 0 Å². The molecule has 0 radical (unpaired) electrons. The minimum atomic E-state index is -0.888. The molecule has 0 aliphatic heterocycles. The van der Waals surface area contributed by atoms with E-state index in [-0.39, 0.29) is 28.6 Å². The standard InChI is InChI=1S/C11H11FN2O4/c1-16-7-4-6(15)10(12)9(11(7)17-2)5-3-8(13)18-14-5/h3-4,15H,13H2,1-2H3. The van der Waals surface area contributed by atoms with Gasteiger partial charge in [0.1, 0.15) is 5.69 Å². The maximum atomic E-state index is 14.0. The first-order chi connectivity index (χ1) is 8.58. The van der Waals surface area contributed by atoms with Gasteiger partial charge < -0.3 is 24.8 Å². The first-order valence-electron chi connectivity index (χ1n) is 4.94. The van der Waals surface area contributed by atoms with Crippen molar-refractivity contribution in [2.24, 2.45) is 0 Å². The Kier molecular flexibility index (Phi) is 2.97. The highest BCUT2D eigenvalue weighted by molar-refractivity contribution is 5.75. The zero-order valence-electron chi connectivity index (χ0n) is 9.73. The van der Waals surface area contributed by atoms with Crippen LogP contribution in [-0.4, -0.2) is 24.5 Å². The molecule has 0 fully saturated rings. The highest BCUT2D eigenvalue weighted by Gasteiger charge is 2.23. The van der Waals surface area contributed by atoms with Crippen LogP contribution >= 0.6 is 0 Å². The summed E-state index contributed by atoms with van der Waals surface area (Å²) >= 11 is 0. The van der Waals surface area contributed by atoms with Crippen LogP contribution in [0.25, 0.3) is 11.3 Å². The van der Waals surface area contributed by atoms with Crippen molar-refractivity contribution in [1.29, 1.82) is 0 Å². The Morgan fingerprint density at radius 1 is 1.33 bits per heavy atom. The molecule has 18 heavy (non-hydrogen) atoms. The van der Waals surface area contributed by atoms with Crippen LogP contribution in [0.3, 0.4) is 0 Å². The van der Waals surface area contributed by atoms with Gasteiger partial charge in [-0.25, -0.2) is 4.39 Å². The SMILES string of the molecule is COc1cc(O)c(F)c(-c2cc(N)on2)c1OC. The molecule has 0 unspecified atom stereocenters. The molecule has 0 aliphatic rings. The zero-order valence-corrected chi connectivity index (χ0v) is 9.73. The second-order valence-corrected chi connectivity index (χ2v) is 3.43. The number of hydrogen-bond donors (Lipinski definition) is 2. The fraction of sp³-hybridized carbons (Fsp3) is 0.182. The van der Waals surface area contributed by atoms with Crippen LogP contribution in [0.15, 0.2) is 16.7 Å². The van der Waals surface area contributed by atoms with Crippen LogP contribution in [-0.2, 0) is 0 Å². The number of aromatic hydroxyl groups is 1. The molecule has 0 spiro atoms. The Bertz CT molecular complexity index is 583. The van der Waals surface area contributed by atoms with Gasteiger partial charge in [0, 0.05) is 12.1 Å². The average Bonchev–Trinajstić information content (AvgIpc) is 2.78. The van der Waals surface area contributed by atoms with Crippen LogP contribution in [0.5, 0.6) is 17.2 Å². The van der Waals surface area contributed by atoms with Crippen LogP contribution in [0, 0.1) is 5.82 Å². The van der Waals surface area contributed by atoms with Crippen molar-refractivity contribution < 1.29 is 23.5 Å². The summed E-state index contributed by atoms with van der Waals surface area (Å²) in [6, 6.07) is 2.43. The molecule has 0 atom stereocenters. The number of phenolic OH excluding ortho intramolecular Hbond substituents is 1. The molecule has 0 saturated carbocycles. The second kappa shape index (κ2) is 4.44. The molecule has 6 nitrogen and oxygen atoms in total. The van der Waals surface area contributed by atoms with E-state index in [1.54, 1.807) is 0 Å². The number of benzene rings is 1. The third-order valence-electron chi connectivity index (χ3n) is 2.37. The first-order valence-corrected chi connectivity index (χ1v) is 4.94. The Balaban J connectivity index is 2.74. The highest BCUT2D eigenvalue weighted by Crippen LogP contribution is 2.43. The zero-order chi connectivity index (χ0) is 13.3. The monoisotopic (exact) mass is 254 g/mol. The predicted molar refractivity (Wildman–Crippen MR) is 61.1 cm³/mol. The number of nitrogens with zero attached hydrogens (tertiary/aromatic N) is 1. The van der Waals surface area contributed by atoms with Gasteiger partial charge in [0.2, 0.25) is 5.88 Å². The van der Waals surface area contributed by atoms with E-state index in [1.807, 2.05) is 0 Å². The van der Waals surface area contributed by atoms with E-state index in [0.29, 0.717) is 0 Å². The summed E-state index contributed by atoms with van der Waals surface area (Å²) in [6.45, 7) is 0. The van der Waals surface area contributed by atoms with Gasteiger partial charge >= 0.3 is 0 Å². The van der Waals surface area contributed by atoms with E-state index in [4.69, 9.17) is 15.2 Å². The smallest absolute Gasteiger partial charge is 0.222 e. The predicted octanol–water partition coefficient (Wildman–Crippen LogP) is 1.79. The third-order valence-corrected chi connectivity index (χ3v) is 2.37. The van der Waals surface area contributed by atoms with Gasteiger partial charge in [0.15, 0.2) is 23.1 Å². The van der Waals surface area contributed by atoms with E-state index in [1.165, 1.54) is 20.3 Å². The van der Waals surface area contributed by atoms with Crippen LogP contribution in [0.2, 0.25) is 0 Å². The minimum Gasteiger partial charge on any atom is -0.505 e. The summed E-state index contributed by atoms with van der Waals surface area (Å²) in [5.41, 5.74) is 5.41. The second-order valence-electron chi connectivity index (χ2n) is 3.43. The summed E-state index contributed by atoms with van der Waals surface area (Å²) in [6.07, 6.45) is 0. The van der Waals surface area contributed by atoms with Gasteiger partial charge in [-0.15, -0.1) is 0 Å². The lowest BCUT2D eigenvalue weighted by Gasteiger charge is -2.12. The third kappa shape index (κ3) is 1.79. The quantitative estimate of drug-likeness (QED) is 0.867. The number of phenols is 1. The highest BCUT2D eigenvalue weighted by atomic mass is 19.1. The Morgan fingerprint density at radius 3 is 2.56 bits per heavy atom. The van der Waals surface area contributed by atoms with Crippen molar-refractivity contribution in [3.63, 3.8) is 0 Å². The molecule has 7 heteroatoms. The van der Waals surface area contributed by atoms with Crippen LogP contribution < -0.4 is 15.2 Å². The molecule has 0 aliphatic carbocycles. The van der Waals surface area contributed by atoms with Gasteiger partial charge in [0.05, 0.1) is 19.8 Å². The fourth-order valence-corrected chi connectivity index (χ4v) is 1.59.